The summed E-state index contributed by atoms with van der Waals surface area (Å²) in [6.45, 7) is 7.52. The predicted molar refractivity (Wildman–Crippen MR) is 77.6 cm³/mol. The molecule has 20 heavy (non-hydrogen) atoms. The molecule has 0 saturated carbocycles. The maximum absolute atomic E-state index is 12.9. The molecule has 0 aromatic heterocycles. The number of amides is 1. The number of hydrogen-bond donors (Lipinski definition) is 1. The summed E-state index contributed by atoms with van der Waals surface area (Å²) in [5.41, 5.74) is 0. The van der Waals surface area contributed by atoms with E-state index in [-0.39, 0.29) is 12.1 Å². The molecule has 3 heterocycles. The molecule has 0 spiro atoms. The molecule has 114 valence electrons. The van der Waals surface area contributed by atoms with E-state index in [0.29, 0.717) is 25.2 Å². The summed E-state index contributed by atoms with van der Waals surface area (Å²) >= 11 is 0. The second kappa shape index (κ2) is 6.41. The summed E-state index contributed by atoms with van der Waals surface area (Å²) < 4.78 is 5.45. The van der Waals surface area contributed by atoms with Crippen LogP contribution in [0, 0.1) is 0 Å². The minimum Gasteiger partial charge on any atom is -0.377 e. The van der Waals surface area contributed by atoms with Crippen molar-refractivity contribution >= 4 is 5.91 Å². The lowest BCUT2D eigenvalue weighted by atomic mass is 10.0. The van der Waals surface area contributed by atoms with Crippen molar-refractivity contribution in [3.8, 4) is 0 Å². The van der Waals surface area contributed by atoms with Gasteiger partial charge in [-0.3, -0.25) is 9.69 Å². The smallest absolute Gasteiger partial charge is 0.240 e. The third-order valence-electron chi connectivity index (χ3n) is 5.01. The zero-order chi connectivity index (χ0) is 13.9. The highest BCUT2D eigenvalue weighted by atomic mass is 16.5. The van der Waals surface area contributed by atoms with Crippen LogP contribution >= 0.6 is 0 Å². The third-order valence-corrected chi connectivity index (χ3v) is 5.01. The van der Waals surface area contributed by atoms with Gasteiger partial charge in [-0.15, -0.1) is 0 Å². The van der Waals surface area contributed by atoms with E-state index in [1.54, 1.807) is 0 Å². The predicted octanol–water partition coefficient (Wildman–Crippen LogP) is 0.450. The zero-order valence-corrected chi connectivity index (χ0v) is 12.5. The molecule has 0 aromatic rings. The fraction of sp³-hybridized carbons (Fsp3) is 0.933. The second-order valence-electron chi connectivity index (χ2n) is 6.33. The molecule has 3 aliphatic heterocycles. The van der Waals surface area contributed by atoms with Gasteiger partial charge in [0, 0.05) is 12.6 Å². The third kappa shape index (κ3) is 2.85. The van der Waals surface area contributed by atoms with Gasteiger partial charge in [0.05, 0.1) is 25.3 Å². The average molecular weight is 281 g/mol. The van der Waals surface area contributed by atoms with Crippen LogP contribution in [0.5, 0.6) is 0 Å². The second-order valence-corrected chi connectivity index (χ2v) is 6.33. The van der Waals surface area contributed by atoms with Gasteiger partial charge in [-0.2, -0.15) is 0 Å². The maximum atomic E-state index is 12.9. The molecule has 1 N–H and O–H groups in total. The summed E-state index contributed by atoms with van der Waals surface area (Å²) in [4.78, 5) is 17.4. The Labute approximate surface area is 121 Å². The molecule has 3 rings (SSSR count). The van der Waals surface area contributed by atoms with E-state index >= 15 is 0 Å². The van der Waals surface area contributed by atoms with Crippen molar-refractivity contribution in [1.29, 1.82) is 0 Å². The van der Waals surface area contributed by atoms with Gasteiger partial charge in [-0.05, 0) is 52.2 Å². The molecule has 5 heteroatoms. The average Bonchev–Trinajstić information content (AvgIpc) is 2.97. The lowest BCUT2D eigenvalue weighted by molar-refractivity contribution is -0.144. The molecule has 2 unspecified atom stereocenters. The van der Waals surface area contributed by atoms with Crippen LogP contribution in [0.15, 0.2) is 0 Å². The highest BCUT2D eigenvalue weighted by Crippen LogP contribution is 2.26. The lowest BCUT2D eigenvalue weighted by Gasteiger charge is -2.40. The highest BCUT2D eigenvalue weighted by molar-refractivity contribution is 5.82. The van der Waals surface area contributed by atoms with Crippen LogP contribution in [0.3, 0.4) is 0 Å². The monoisotopic (exact) mass is 281 g/mol. The molecule has 0 aromatic carbocycles. The van der Waals surface area contributed by atoms with Crippen molar-refractivity contribution in [1.82, 2.24) is 15.1 Å². The van der Waals surface area contributed by atoms with Gasteiger partial charge in [0.25, 0.3) is 0 Å². The Balaban J connectivity index is 1.66. The zero-order valence-electron chi connectivity index (χ0n) is 12.5. The van der Waals surface area contributed by atoms with Crippen molar-refractivity contribution in [3.05, 3.63) is 0 Å². The molecule has 3 aliphatic rings. The van der Waals surface area contributed by atoms with Crippen LogP contribution in [0.25, 0.3) is 0 Å². The Bertz CT molecular complexity index is 344. The Hall–Kier alpha value is -0.650. The fourth-order valence-corrected chi connectivity index (χ4v) is 3.88. The van der Waals surface area contributed by atoms with E-state index in [1.807, 2.05) is 4.90 Å². The Morgan fingerprint density at radius 2 is 2.00 bits per heavy atom. The maximum Gasteiger partial charge on any atom is 0.240 e. The summed E-state index contributed by atoms with van der Waals surface area (Å²) in [7, 11) is 0. The number of ether oxygens (including phenoxy) is 1. The van der Waals surface area contributed by atoms with Crippen LogP contribution in [-0.4, -0.2) is 73.2 Å². The highest BCUT2D eigenvalue weighted by Gasteiger charge is 2.39. The number of nitrogens with one attached hydrogen (secondary N) is 1. The minimum absolute atomic E-state index is 0.124. The number of rotatable bonds is 2. The van der Waals surface area contributed by atoms with Gasteiger partial charge in [0.15, 0.2) is 0 Å². The van der Waals surface area contributed by atoms with Crippen LogP contribution in [0.1, 0.15) is 32.6 Å². The first kappa shape index (κ1) is 14.3. The number of likely N-dealkylation sites (tertiary alicyclic amines) is 1. The quantitative estimate of drug-likeness (QED) is 0.798. The number of carbonyl (C=O) groups is 1. The molecule has 3 saturated heterocycles. The number of nitrogens with zero attached hydrogens (tertiary/aromatic N) is 2. The van der Waals surface area contributed by atoms with E-state index in [4.69, 9.17) is 4.74 Å². The Morgan fingerprint density at radius 1 is 1.20 bits per heavy atom. The van der Waals surface area contributed by atoms with Gasteiger partial charge in [0.1, 0.15) is 0 Å². The summed E-state index contributed by atoms with van der Waals surface area (Å²) in [5, 5.41) is 3.41. The van der Waals surface area contributed by atoms with Crippen molar-refractivity contribution in [2.45, 2.75) is 50.7 Å². The van der Waals surface area contributed by atoms with Crippen LogP contribution < -0.4 is 5.32 Å². The molecule has 0 bridgehead atoms. The topological polar surface area (TPSA) is 44.8 Å². The molecule has 5 nitrogen and oxygen atoms in total. The van der Waals surface area contributed by atoms with Crippen molar-refractivity contribution in [2.75, 3.05) is 39.4 Å². The van der Waals surface area contributed by atoms with E-state index in [9.17, 15) is 4.79 Å². The normalized spacial score (nSPS) is 33.5. The number of carbonyl (C=O) groups excluding carboxylic acids is 1. The minimum atomic E-state index is 0.124. The molecule has 2 atom stereocenters. The van der Waals surface area contributed by atoms with E-state index in [2.05, 4.69) is 17.1 Å². The fourth-order valence-electron chi connectivity index (χ4n) is 3.88. The van der Waals surface area contributed by atoms with Gasteiger partial charge in [0.2, 0.25) is 5.91 Å². The van der Waals surface area contributed by atoms with E-state index < -0.39 is 0 Å². The SMILES string of the molecule is CC1COCCN1C(=O)C1CCCN1C1CCNCC1. The van der Waals surface area contributed by atoms with Gasteiger partial charge < -0.3 is 15.0 Å². The Kier molecular flexibility index (Phi) is 4.58. The largest absolute Gasteiger partial charge is 0.377 e. The Morgan fingerprint density at radius 3 is 2.75 bits per heavy atom. The van der Waals surface area contributed by atoms with Crippen molar-refractivity contribution < 1.29 is 9.53 Å². The first-order valence-corrected chi connectivity index (χ1v) is 8.12. The van der Waals surface area contributed by atoms with Gasteiger partial charge in [-0.1, -0.05) is 0 Å². The molecular formula is C15H27N3O2. The van der Waals surface area contributed by atoms with E-state index in [0.717, 1.165) is 32.6 Å². The summed E-state index contributed by atoms with van der Waals surface area (Å²) in [5.74, 6) is 0.344. The molecular weight excluding hydrogens is 254 g/mol. The van der Waals surface area contributed by atoms with E-state index in [1.165, 1.54) is 19.3 Å². The molecule has 0 aliphatic carbocycles. The first-order valence-electron chi connectivity index (χ1n) is 8.12. The number of hydrogen-bond acceptors (Lipinski definition) is 4. The molecule has 3 fully saturated rings. The lowest BCUT2D eigenvalue weighted by Crippen LogP contribution is -2.56. The number of piperidine rings is 1. The van der Waals surface area contributed by atoms with Crippen molar-refractivity contribution in [2.24, 2.45) is 0 Å². The van der Waals surface area contributed by atoms with Gasteiger partial charge in [-0.25, -0.2) is 0 Å². The van der Waals surface area contributed by atoms with Crippen molar-refractivity contribution in [3.63, 3.8) is 0 Å². The van der Waals surface area contributed by atoms with Crippen LogP contribution in [0.4, 0.5) is 0 Å². The molecule has 0 radical (unpaired) electrons. The molecule has 1 amide bonds. The summed E-state index contributed by atoms with van der Waals surface area (Å²) in [6.07, 6.45) is 4.57. The van der Waals surface area contributed by atoms with Gasteiger partial charge >= 0.3 is 0 Å². The number of morpholine rings is 1. The summed E-state index contributed by atoms with van der Waals surface area (Å²) in [6, 6.07) is 0.953. The van der Waals surface area contributed by atoms with Crippen LogP contribution in [-0.2, 0) is 9.53 Å². The first-order chi connectivity index (χ1) is 9.77. The standard InChI is InChI=1S/C15H27N3O2/c1-12-11-20-10-9-17(12)15(19)14-3-2-8-18(14)13-4-6-16-7-5-13/h12-14,16H,2-11H2,1H3. The van der Waals surface area contributed by atoms with Crippen LogP contribution in [0.2, 0.25) is 0 Å².